The summed E-state index contributed by atoms with van der Waals surface area (Å²) in [6, 6.07) is 18.4. The van der Waals surface area contributed by atoms with Gasteiger partial charge < -0.3 is 10.1 Å². The highest BCUT2D eigenvalue weighted by molar-refractivity contribution is 7.92. The molecule has 0 fully saturated rings. The number of aldehydes is 1. The van der Waals surface area contributed by atoms with Gasteiger partial charge in [0.15, 0.2) is 0 Å². The molecule has 8 heteroatoms. The summed E-state index contributed by atoms with van der Waals surface area (Å²) in [6.45, 7) is 3.39. The number of sulfonamides is 1. The van der Waals surface area contributed by atoms with Crippen molar-refractivity contribution in [2.75, 3.05) is 18.0 Å². The Labute approximate surface area is 194 Å². The van der Waals surface area contributed by atoms with E-state index >= 15 is 0 Å². The Morgan fingerprint density at radius 3 is 2.42 bits per heavy atom. The first-order valence-corrected chi connectivity index (χ1v) is 11.7. The van der Waals surface area contributed by atoms with Crippen molar-refractivity contribution in [2.45, 2.75) is 25.3 Å². The molecule has 0 radical (unpaired) electrons. The van der Waals surface area contributed by atoms with Crippen LogP contribution in [-0.4, -0.2) is 34.3 Å². The first-order chi connectivity index (χ1) is 15.7. The molecule has 0 aromatic heterocycles. The van der Waals surface area contributed by atoms with Gasteiger partial charge in [-0.15, -0.1) is 0 Å². The molecule has 172 valence electrons. The third-order valence-electron chi connectivity index (χ3n) is 5.16. The number of nitrogens with zero attached hydrogens (tertiary/aromatic N) is 1. The molecule has 0 heterocycles. The van der Waals surface area contributed by atoms with Crippen molar-refractivity contribution in [1.82, 2.24) is 5.32 Å². The molecule has 0 aliphatic rings. The summed E-state index contributed by atoms with van der Waals surface area (Å²) in [4.78, 5) is 23.9. The van der Waals surface area contributed by atoms with Crippen molar-refractivity contribution in [2.24, 2.45) is 0 Å². The molecule has 0 atom stereocenters. The lowest BCUT2D eigenvalue weighted by Gasteiger charge is -2.26. The lowest BCUT2D eigenvalue weighted by molar-refractivity contribution is -0.119. The predicted molar refractivity (Wildman–Crippen MR) is 127 cm³/mol. The molecule has 33 heavy (non-hydrogen) atoms. The van der Waals surface area contributed by atoms with E-state index in [1.54, 1.807) is 61.5 Å². The normalized spacial score (nSPS) is 11.0. The standard InChI is InChI=1S/C25H26N2O5S/c1-18-7-11-23(12-8-18)33(30,31)27(24-14-22(32-3)10-9-19(24)2)16-25(29)26-15-20-5-4-6-21(13-20)17-28/h4-14,17H,15-16H2,1-3H3,(H,26,29). The Morgan fingerprint density at radius 1 is 1.03 bits per heavy atom. The monoisotopic (exact) mass is 466 g/mol. The van der Waals surface area contributed by atoms with E-state index in [2.05, 4.69) is 5.32 Å². The van der Waals surface area contributed by atoms with Crippen LogP contribution in [0.3, 0.4) is 0 Å². The molecule has 0 saturated carbocycles. The van der Waals surface area contributed by atoms with Crippen LogP contribution in [0.2, 0.25) is 0 Å². The summed E-state index contributed by atoms with van der Waals surface area (Å²) in [5, 5.41) is 2.74. The van der Waals surface area contributed by atoms with Gasteiger partial charge in [0, 0.05) is 18.2 Å². The second kappa shape index (κ2) is 10.3. The first-order valence-electron chi connectivity index (χ1n) is 10.3. The van der Waals surface area contributed by atoms with Gasteiger partial charge in [-0.3, -0.25) is 13.9 Å². The maximum Gasteiger partial charge on any atom is 0.264 e. The minimum atomic E-state index is -4.04. The van der Waals surface area contributed by atoms with Crippen LogP contribution in [-0.2, 0) is 21.4 Å². The van der Waals surface area contributed by atoms with E-state index in [4.69, 9.17) is 4.74 Å². The number of amides is 1. The number of nitrogens with one attached hydrogen (secondary N) is 1. The Bertz CT molecular complexity index is 1250. The third-order valence-corrected chi connectivity index (χ3v) is 6.93. The third kappa shape index (κ3) is 5.78. The largest absolute Gasteiger partial charge is 0.497 e. The molecule has 7 nitrogen and oxygen atoms in total. The van der Waals surface area contributed by atoms with E-state index in [-0.39, 0.29) is 11.4 Å². The number of rotatable bonds is 9. The van der Waals surface area contributed by atoms with E-state index in [1.165, 1.54) is 19.2 Å². The molecule has 1 amide bonds. The van der Waals surface area contributed by atoms with E-state index in [0.29, 0.717) is 22.6 Å². The van der Waals surface area contributed by atoms with Crippen molar-refractivity contribution in [1.29, 1.82) is 0 Å². The number of anilines is 1. The number of carbonyl (C=O) groups excluding carboxylic acids is 2. The van der Waals surface area contributed by atoms with Crippen molar-refractivity contribution >= 4 is 27.9 Å². The van der Waals surface area contributed by atoms with Crippen molar-refractivity contribution in [3.63, 3.8) is 0 Å². The molecule has 3 rings (SSSR count). The van der Waals surface area contributed by atoms with Gasteiger partial charge in [0.1, 0.15) is 18.6 Å². The smallest absolute Gasteiger partial charge is 0.264 e. The number of hydrogen-bond donors (Lipinski definition) is 1. The highest BCUT2D eigenvalue weighted by atomic mass is 32.2. The quantitative estimate of drug-likeness (QED) is 0.486. The molecule has 1 N–H and O–H groups in total. The summed E-state index contributed by atoms with van der Waals surface area (Å²) in [5.41, 5.74) is 3.19. The van der Waals surface area contributed by atoms with E-state index in [9.17, 15) is 18.0 Å². The van der Waals surface area contributed by atoms with Crippen molar-refractivity contribution in [3.05, 3.63) is 89.0 Å². The van der Waals surface area contributed by atoms with Crippen LogP contribution in [0.4, 0.5) is 5.69 Å². The average Bonchev–Trinajstić information content (AvgIpc) is 2.82. The predicted octanol–water partition coefficient (Wildman–Crippen LogP) is 3.64. The maximum absolute atomic E-state index is 13.6. The van der Waals surface area contributed by atoms with Crippen LogP contribution in [0, 0.1) is 13.8 Å². The molecule has 3 aromatic carbocycles. The van der Waals surface area contributed by atoms with Gasteiger partial charge >= 0.3 is 0 Å². The zero-order chi connectivity index (χ0) is 24.0. The van der Waals surface area contributed by atoms with Gasteiger partial charge in [-0.25, -0.2) is 8.42 Å². The van der Waals surface area contributed by atoms with Gasteiger partial charge in [-0.2, -0.15) is 0 Å². The number of carbonyl (C=O) groups is 2. The van der Waals surface area contributed by atoms with Crippen LogP contribution in [0.1, 0.15) is 27.0 Å². The van der Waals surface area contributed by atoms with E-state index in [1.807, 2.05) is 6.92 Å². The van der Waals surface area contributed by atoms with Gasteiger partial charge in [0.05, 0.1) is 17.7 Å². The Kier molecular flexibility index (Phi) is 7.50. The van der Waals surface area contributed by atoms with Crippen molar-refractivity contribution < 1.29 is 22.7 Å². The number of benzene rings is 3. The van der Waals surface area contributed by atoms with Gasteiger partial charge in [-0.05, 0) is 49.2 Å². The summed E-state index contributed by atoms with van der Waals surface area (Å²) in [5.74, 6) is -0.00444. The highest BCUT2D eigenvalue weighted by Crippen LogP contribution is 2.30. The number of ether oxygens (including phenoxy) is 1. The second-order valence-corrected chi connectivity index (χ2v) is 9.48. The highest BCUT2D eigenvalue weighted by Gasteiger charge is 2.28. The Hall–Kier alpha value is -3.65. The summed E-state index contributed by atoms with van der Waals surface area (Å²) >= 11 is 0. The summed E-state index contributed by atoms with van der Waals surface area (Å²) < 4.78 is 33.5. The molecular weight excluding hydrogens is 440 g/mol. The van der Waals surface area contributed by atoms with Crippen LogP contribution in [0.15, 0.2) is 71.6 Å². The summed E-state index contributed by atoms with van der Waals surface area (Å²) in [7, 11) is -2.54. The number of hydrogen-bond acceptors (Lipinski definition) is 5. The zero-order valence-electron chi connectivity index (χ0n) is 18.7. The minimum Gasteiger partial charge on any atom is -0.497 e. The SMILES string of the molecule is COc1ccc(C)c(N(CC(=O)NCc2cccc(C=O)c2)S(=O)(=O)c2ccc(C)cc2)c1. The molecule has 0 aliphatic heterocycles. The van der Waals surface area contributed by atoms with Gasteiger partial charge in [0.2, 0.25) is 5.91 Å². The van der Waals surface area contributed by atoms with Crippen LogP contribution in [0.5, 0.6) is 5.75 Å². The molecule has 0 unspecified atom stereocenters. The average molecular weight is 467 g/mol. The second-order valence-electron chi connectivity index (χ2n) is 7.62. The van der Waals surface area contributed by atoms with Gasteiger partial charge in [0.25, 0.3) is 10.0 Å². The molecule has 0 saturated heterocycles. The minimum absolute atomic E-state index is 0.0850. The van der Waals surface area contributed by atoms with E-state index in [0.717, 1.165) is 21.7 Å². The fourth-order valence-electron chi connectivity index (χ4n) is 3.29. The van der Waals surface area contributed by atoms with E-state index < -0.39 is 22.5 Å². The molecule has 3 aromatic rings. The van der Waals surface area contributed by atoms with Gasteiger partial charge in [-0.1, -0.05) is 42.0 Å². The Morgan fingerprint density at radius 2 is 1.76 bits per heavy atom. The van der Waals surface area contributed by atoms with Crippen LogP contribution in [0.25, 0.3) is 0 Å². The van der Waals surface area contributed by atoms with Crippen LogP contribution >= 0.6 is 0 Å². The number of methoxy groups -OCH3 is 1. The fourth-order valence-corrected chi connectivity index (χ4v) is 4.76. The maximum atomic E-state index is 13.6. The lowest BCUT2D eigenvalue weighted by Crippen LogP contribution is -2.41. The molecular formula is C25H26N2O5S. The lowest BCUT2D eigenvalue weighted by atomic mass is 10.1. The number of aryl methyl sites for hydroxylation is 2. The topological polar surface area (TPSA) is 92.8 Å². The summed E-state index contributed by atoms with van der Waals surface area (Å²) in [6.07, 6.45) is 0.729. The zero-order valence-corrected chi connectivity index (χ0v) is 19.6. The molecule has 0 bridgehead atoms. The van der Waals surface area contributed by atoms with Crippen molar-refractivity contribution in [3.8, 4) is 5.75 Å². The first kappa shape index (κ1) is 24.0. The van der Waals surface area contributed by atoms with Crippen LogP contribution < -0.4 is 14.4 Å². The molecule has 0 aliphatic carbocycles. The fraction of sp³-hybridized carbons (Fsp3) is 0.200. The Balaban J connectivity index is 1.92. The molecule has 0 spiro atoms.